The van der Waals surface area contributed by atoms with Gasteiger partial charge in [0.2, 0.25) is 0 Å². The number of aromatic nitrogens is 2. The first kappa shape index (κ1) is 14.7. The molecule has 3 rings (SSSR count). The standard InChI is InChI=1S/C16H26N4O/c1-17-16-11-18-10-13(19-16)12-6-8-20(9-7-12)14-4-2-3-5-15(14)21/h10-12,14-15,21H,2-9H2,1H3,(H,17,19)/t14-,15+/m0/s1. The highest BCUT2D eigenvalue weighted by molar-refractivity contribution is 5.31. The predicted molar refractivity (Wildman–Crippen MR) is 83.4 cm³/mol. The number of aliphatic hydroxyl groups is 1. The van der Waals surface area contributed by atoms with Crippen LogP contribution in [0.1, 0.15) is 50.1 Å². The smallest absolute Gasteiger partial charge is 0.144 e. The van der Waals surface area contributed by atoms with Crippen LogP contribution >= 0.6 is 0 Å². The molecule has 5 nitrogen and oxygen atoms in total. The van der Waals surface area contributed by atoms with Gasteiger partial charge in [0.1, 0.15) is 5.82 Å². The Balaban J connectivity index is 1.59. The molecule has 0 aromatic carbocycles. The third-order valence-electron chi connectivity index (χ3n) is 5.02. The minimum absolute atomic E-state index is 0.122. The third kappa shape index (κ3) is 3.35. The molecule has 1 aromatic rings. The van der Waals surface area contributed by atoms with Gasteiger partial charge in [0.05, 0.1) is 18.0 Å². The van der Waals surface area contributed by atoms with E-state index in [-0.39, 0.29) is 6.10 Å². The Hall–Kier alpha value is -1.20. The van der Waals surface area contributed by atoms with Crippen molar-refractivity contribution in [3.8, 4) is 0 Å². The highest BCUT2D eigenvalue weighted by Gasteiger charge is 2.32. The van der Waals surface area contributed by atoms with Gasteiger partial charge in [-0.3, -0.25) is 9.88 Å². The van der Waals surface area contributed by atoms with E-state index in [1.165, 1.54) is 12.8 Å². The van der Waals surface area contributed by atoms with Crippen LogP contribution in [-0.4, -0.2) is 52.3 Å². The van der Waals surface area contributed by atoms with Gasteiger partial charge in [0, 0.05) is 25.2 Å². The van der Waals surface area contributed by atoms with Crippen LogP contribution in [0.3, 0.4) is 0 Å². The van der Waals surface area contributed by atoms with Crippen molar-refractivity contribution in [3.63, 3.8) is 0 Å². The molecule has 2 atom stereocenters. The fourth-order valence-corrected chi connectivity index (χ4v) is 3.74. The molecule has 0 bridgehead atoms. The molecule has 116 valence electrons. The lowest BCUT2D eigenvalue weighted by Crippen LogP contribution is -2.48. The SMILES string of the molecule is CNc1cncc(C2CCN([C@H]3CCCC[C@H]3O)CC2)n1. The van der Waals surface area contributed by atoms with Gasteiger partial charge in [-0.15, -0.1) is 0 Å². The Bertz CT molecular complexity index is 459. The van der Waals surface area contributed by atoms with E-state index in [1.54, 1.807) is 6.20 Å². The largest absolute Gasteiger partial charge is 0.391 e. The summed E-state index contributed by atoms with van der Waals surface area (Å²) >= 11 is 0. The zero-order valence-electron chi connectivity index (χ0n) is 12.8. The van der Waals surface area contributed by atoms with Crippen molar-refractivity contribution in [1.29, 1.82) is 0 Å². The average Bonchev–Trinajstić information content (AvgIpc) is 2.56. The Morgan fingerprint density at radius 2 is 1.90 bits per heavy atom. The molecule has 1 aliphatic carbocycles. The number of piperidine rings is 1. The van der Waals surface area contributed by atoms with Crippen LogP contribution in [0, 0.1) is 0 Å². The van der Waals surface area contributed by atoms with Gasteiger partial charge in [-0.1, -0.05) is 12.8 Å². The quantitative estimate of drug-likeness (QED) is 0.891. The summed E-state index contributed by atoms with van der Waals surface area (Å²) in [4.78, 5) is 11.4. The van der Waals surface area contributed by atoms with Gasteiger partial charge >= 0.3 is 0 Å². The van der Waals surface area contributed by atoms with Crippen LogP contribution in [0.4, 0.5) is 5.82 Å². The number of rotatable bonds is 3. The van der Waals surface area contributed by atoms with Crippen molar-refractivity contribution in [1.82, 2.24) is 14.9 Å². The van der Waals surface area contributed by atoms with Crippen molar-refractivity contribution in [3.05, 3.63) is 18.1 Å². The summed E-state index contributed by atoms with van der Waals surface area (Å²) in [6.07, 6.45) is 10.3. The van der Waals surface area contributed by atoms with Gasteiger partial charge in [-0.05, 0) is 38.8 Å². The molecule has 1 aliphatic heterocycles. The van der Waals surface area contributed by atoms with Gasteiger partial charge < -0.3 is 10.4 Å². The summed E-state index contributed by atoms with van der Waals surface area (Å²) in [5.74, 6) is 1.35. The lowest BCUT2D eigenvalue weighted by atomic mass is 9.87. The Kier molecular flexibility index (Phi) is 4.70. The number of anilines is 1. The fourth-order valence-electron chi connectivity index (χ4n) is 3.74. The molecule has 2 fully saturated rings. The van der Waals surface area contributed by atoms with Crippen molar-refractivity contribution in [2.75, 3.05) is 25.5 Å². The van der Waals surface area contributed by atoms with E-state index in [0.29, 0.717) is 12.0 Å². The molecule has 2 heterocycles. The molecule has 1 saturated carbocycles. The number of aliphatic hydroxyl groups excluding tert-OH is 1. The Labute approximate surface area is 126 Å². The van der Waals surface area contributed by atoms with Crippen molar-refractivity contribution < 1.29 is 5.11 Å². The topological polar surface area (TPSA) is 61.3 Å². The first-order valence-electron chi connectivity index (χ1n) is 8.19. The lowest BCUT2D eigenvalue weighted by Gasteiger charge is -2.41. The highest BCUT2D eigenvalue weighted by Crippen LogP contribution is 2.31. The fraction of sp³-hybridized carbons (Fsp3) is 0.750. The molecule has 0 unspecified atom stereocenters. The van der Waals surface area contributed by atoms with E-state index < -0.39 is 0 Å². The number of hydrogen-bond donors (Lipinski definition) is 2. The van der Waals surface area contributed by atoms with E-state index in [0.717, 1.165) is 50.3 Å². The first-order valence-corrected chi connectivity index (χ1v) is 8.19. The zero-order chi connectivity index (χ0) is 14.7. The summed E-state index contributed by atoms with van der Waals surface area (Å²) in [5, 5.41) is 13.3. The van der Waals surface area contributed by atoms with Crippen molar-refractivity contribution in [2.45, 2.75) is 56.6 Å². The molecule has 1 saturated heterocycles. The molecule has 2 N–H and O–H groups in total. The molecule has 1 aromatic heterocycles. The number of nitrogens with one attached hydrogen (secondary N) is 1. The van der Waals surface area contributed by atoms with Crippen LogP contribution in [0.2, 0.25) is 0 Å². The van der Waals surface area contributed by atoms with Crippen LogP contribution in [0.15, 0.2) is 12.4 Å². The highest BCUT2D eigenvalue weighted by atomic mass is 16.3. The maximum absolute atomic E-state index is 10.2. The summed E-state index contributed by atoms with van der Waals surface area (Å²) in [6, 6.07) is 0.384. The first-order chi connectivity index (χ1) is 10.3. The zero-order valence-corrected chi connectivity index (χ0v) is 12.8. The van der Waals surface area contributed by atoms with Crippen LogP contribution in [-0.2, 0) is 0 Å². The van der Waals surface area contributed by atoms with E-state index in [9.17, 15) is 5.11 Å². The van der Waals surface area contributed by atoms with Crippen molar-refractivity contribution in [2.24, 2.45) is 0 Å². The molecule has 5 heteroatoms. The van der Waals surface area contributed by atoms with Gasteiger partial charge in [-0.25, -0.2) is 4.98 Å². The second-order valence-electron chi connectivity index (χ2n) is 6.31. The number of nitrogens with zero attached hydrogens (tertiary/aromatic N) is 3. The monoisotopic (exact) mass is 290 g/mol. The van der Waals surface area contributed by atoms with Crippen molar-refractivity contribution >= 4 is 5.82 Å². The average molecular weight is 290 g/mol. The molecule has 2 aliphatic rings. The molecule has 21 heavy (non-hydrogen) atoms. The van der Waals surface area contributed by atoms with E-state index in [2.05, 4.69) is 20.2 Å². The van der Waals surface area contributed by atoms with E-state index in [1.807, 2.05) is 13.2 Å². The Morgan fingerprint density at radius 1 is 1.14 bits per heavy atom. The molecule has 0 amide bonds. The predicted octanol–water partition coefficient (Wildman–Crippen LogP) is 2.00. The summed E-state index contributed by atoms with van der Waals surface area (Å²) < 4.78 is 0. The third-order valence-corrected chi connectivity index (χ3v) is 5.02. The molecule has 0 spiro atoms. The van der Waals surface area contributed by atoms with E-state index >= 15 is 0 Å². The van der Waals surface area contributed by atoms with E-state index in [4.69, 9.17) is 0 Å². The van der Waals surface area contributed by atoms with Crippen LogP contribution in [0.5, 0.6) is 0 Å². The maximum atomic E-state index is 10.2. The number of hydrogen-bond acceptors (Lipinski definition) is 5. The summed E-state index contributed by atoms with van der Waals surface area (Å²) in [7, 11) is 1.88. The summed E-state index contributed by atoms with van der Waals surface area (Å²) in [6.45, 7) is 2.13. The maximum Gasteiger partial charge on any atom is 0.144 e. The summed E-state index contributed by atoms with van der Waals surface area (Å²) in [5.41, 5.74) is 1.10. The molecular formula is C16H26N4O. The minimum Gasteiger partial charge on any atom is -0.391 e. The van der Waals surface area contributed by atoms with Gasteiger partial charge in [-0.2, -0.15) is 0 Å². The lowest BCUT2D eigenvalue weighted by molar-refractivity contribution is 0.00852. The minimum atomic E-state index is -0.122. The van der Waals surface area contributed by atoms with Crippen LogP contribution in [0.25, 0.3) is 0 Å². The van der Waals surface area contributed by atoms with Gasteiger partial charge in [0.25, 0.3) is 0 Å². The Morgan fingerprint density at radius 3 is 2.62 bits per heavy atom. The molecule has 0 radical (unpaired) electrons. The van der Waals surface area contributed by atoms with Crippen LogP contribution < -0.4 is 5.32 Å². The van der Waals surface area contributed by atoms with Gasteiger partial charge in [0.15, 0.2) is 0 Å². The second-order valence-corrected chi connectivity index (χ2v) is 6.31. The second kappa shape index (κ2) is 6.71. The number of likely N-dealkylation sites (tertiary alicyclic amines) is 1. The normalized spacial score (nSPS) is 28.5. The molecular weight excluding hydrogens is 264 g/mol.